The first-order chi connectivity index (χ1) is 3.77. The van der Waals surface area contributed by atoms with E-state index in [1.54, 1.807) is 0 Å². The zero-order valence-corrected chi connectivity index (χ0v) is 5.02. The number of hydrogen-bond acceptors (Lipinski definition) is 2. The summed E-state index contributed by atoms with van der Waals surface area (Å²) in [5.41, 5.74) is 12.7. The predicted octanol–water partition coefficient (Wildman–Crippen LogP) is -0.826. The number of hydrazone groups is 1. The second-order valence-electron chi connectivity index (χ2n) is 1.44. The third-order valence-corrected chi connectivity index (χ3v) is 0.570. The Morgan fingerprint density at radius 2 is 2.25 bits per heavy atom. The molecule has 0 amide bonds. The highest BCUT2D eigenvalue weighted by molar-refractivity contribution is 5.75. The molecule has 5 N–H and O–H groups in total. The van der Waals surface area contributed by atoms with Crippen molar-refractivity contribution in [2.75, 3.05) is 6.54 Å². The molecule has 0 aliphatic heterocycles. The molecule has 0 saturated heterocycles. The molecule has 0 aromatic carbocycles. The van der Waals surface area contributed by atoms with Crippen molar-refractivity contribution in [1.29, 1.82) is 0 Å². The molecule has 0 aromatic rings. The third kappa shape index (κ3) is 5.07. The van der Waals surface area contributed by atoms with Crippen LogP contribution in [-0.4, -0.2) is 12.5 Å². The molecule has 0 unspecified atom stereocenters. The molecule has 0 aliphatic carbocycles. The summed E-state index contributed by atoms with van der Waals surface area (Å²) in [6.45, 7) is 2.85. The molecule has 0 rings (SSSR count). The van der Waals surface area contributed by atoms with Crippen LogP contribution in [0.1, 0.15) is 13.3 Å². The fourth-order valence-corrected chi connectivity index (χ4v) is 0.259. The van der Waals surface area contributed by atoms with Gasteiger partial charge in [-0.15, -0.1) is 5.10 Å². The summed E-state index contributed by atoms with van der Waals surface area (Å²) in [5.74, 6) is 0.0819. The topological polar surface area (TPSA) is 76.4 Å². The Labute approximate surface area is 48.9 Å². The van der Waals surface area contributed by atoms with Crippen LogP contribution in [0.5, 0.6) is 0 Å². The van der Waals surface area contributed by atoms with Gasteiger partial charge in [0.15, 0.2) is 0 Å². The van der Waals surface area contributed by atoms with Gasteiger partial charge in [-0.2, -0.15) is 0 Å². The van der Waals surface area contributed by atoms with Crippen LogP contribution >= 0.6 is 0 Å². The summed E-state index contributed by atoms with van der Waals surface area (Å²) in [6.07, 6.45) is 1.02. The Kier molecular flexibility index (Phi) is 3.74. The number of rotatable bonds is 3. The summed E-state index contributed by atoms with van der Waals surface area (Å²) in [6, 6.07) is 0. The molecule has 0 aromatic heterocycles. The van der Waals surface area contributed by atoms with E-state index in [0.717, 1.165) is 13.0 Å². The van der Waals surface area contributed by atoms with Crippen molar-refractivity contribution in [2.45, 2.75) is 13.3 Å². The highest BCUT2D eigenvalue weighted by atomic mass is 15.3. The van der Waals surface area contributed by atoms with E-state index in [1.165, 1.54) is 0 Å². The monoisotopic (exact) mass is 116 g/mol. The Morgan fingerprint density at radius 3 is 2.62 bits per heavy atom. The zero-order valence-electron chi connectivity index (χ0n) is 5.02. The molecule has 8 heavy (non-hydrogen) atoms. The molecule has 0 radical (unpaired) electrons. The second kappa shape index (κ2) is 4.23. The van der Waals surface area contributed by atoms with Gasteiger partial charge in [-0.05, 0) is 6.42 Å². The Bertz CT molecular complexity index is 74.1. The van der Waals surface area contributed by atoms with Crippen LogP contribution < -0.4 is 16.9 Å². The highest BCUT2D eigenvalue weighted by Crippen LogP contribution is 1.67. The largest absolute Gasteiger partial charge is 0.369 e. The number of nitrogens with two attached hydrogens (primary N) is 2. The van der Waals surface area contributed by atoms with E-state index in [-0.39, 0.29) is 5.96 Å². The van der Waals surface area contributed by atoms with Gasteiger partial charge < -0.3 is 16.9 Å². The van der Waals surface area contributed by atoms with E-state index in [9.17, 15) is 0 Å². The fourth-order valence-electron chi connectivity index (χ4n) is 0.259. The minimum atomic E-state index is 0.0819. The van der Waals surface area contributed by atoms with Crippen LogP contribution in [0.25, 0.3) is 0 Å². The quantitative estimate of drug-likeness (QED) is 0.195. The summed E-state index contributed by atoms with van der Waals surface area (Å²) in [7, 11) is 0. The number of hydrogen-bond donors (Lipinski definition) is 3. The predicted molar refractivity (Wildman–Crippen MR) is 34.1 cm³/mol. The van der Waals surface area contributed by atoms with E-state index in [2.05, 4.69) is 10.5 Å². The SMILES string of the molecule is CCCNN=C(N)N. The van der Waals surface area contributed by atoms with Crippen molar-refractivity contribution < 1.29 is 0 Å². The van der Waals surface area contributed by atoms with Gasteiger partial charge in [-0.3, -0.25) is 0 Å². The van der Waals surface area contributed by atoms with Crippen molar-refractivity contribution in [3.8, 4) is 0 Å². The van der Waals surface area contributed by atoms with Crippen LogP contribution in [0, 0.1) is 0 Å². The van der Waals surface area contributed by atoms with Gasteiger partial charge in [0.05, 0.1) is 0 Å². The average Bonchev–Trinajstić information content (AvgIpc) is 1.66. The maximum Gasteiger partial charge on any atom is 0.208 e. The number of nitrogens with zero attached hydrogens (tertiary/aromatic N) is 1. The second-order valence-corrected chi connectivity index (χ2v) is 1.44. The lowest BCUT2D eigenvalue weighted by atomic mass is 10.5. The van der Waals surface area contributed by atoms with Crippen LogP contribution in [0.2, 0.25) is 0 Å². The lowest BCUT2D eigenvalue weighted by molar-refractivity contribution is 0.714. The maximum atomic E-state index is 5.00. The highest BCUT2D eigenvalue weighted by Gasteiger charge is 1.75. The van der Waals surface area contributed by atoms with Crippen molar-refractivity contribution in [3.63, 3.8) is 0 Å². The summed E-state index contributed by atoms with van der Waals surface area (Å²) in [4.78, 5) is 0. The van der Waals surface area contributed by atoms with Gasteiger partial charge >= 0.3 is 0 Å². The standard InChI is InChI=1S/C4H12N4/c1-2-3-7-8-4(5)6/h7H,2-3H2,1H3,(H4,5,6,8). The lowest BCUT2D eigenvalue weighted by Gasteiger charge is -1.94. The molecule has 0 aliphatic rings. The third-order valence-electron chi connectivity index (χ3n) is 0.570. The number of guanidine groups is 1. The maximum absolute atomic E-state index is 5.00. The van der Waals surface area contributed by atoms with E-state index < -0.39 is 0 Å². The molecule has 0 bridgehead atoms. The molecule has 0 atom stereocenters. The molecule has 0 saturated carbocycles. The van der Waals surface area contributed by atoms with Crippen LogP contribution in [0.15, 0.2) is 5.10 Å². The Morgan fingerprint density at radius 1 is 1.62 bits per heavy atom. The van der Waals surface area contributed by atoms with Gasteiger partial charge in [0.1, 0.15) is 0 Å². The van der Waals surface area contributed by atoms with Crippen LogP contribution in [0.3, 0.4) is 0 Å². The molecule has 4 nitrogen and oxygen atoms in total. The van der Waals surface area contributed by atoms with Gasteiger partial charge in [-0.1, -0.05) is 6.92 Å². The van der Waals surface area contributed by atoms with Crippen molar-refractivity contribution in [2.24, 2.45) is 16.6 Å². The molecule has 4 heteroatoms. The Balaban J connectivity index is 3.03. The Hall–Kier alpha value is -0.930. The fraction of sp³-hybridized carbons (Fsp3) is 0.750. The van der Waals surface area contributed by atoms with E-state index >= 15 is 0 Å². The zero-order chi connectivity index (χ0) is 6.41. The summed E-state index contributed by atoms with van der Waals surface area (Å²) in [5, 5.41) is 3.54. The molecule has 0 spiro atoms. The molecule has 0 heterocycles. The molecule has 48 valence electrons. The van der Waals surface area contributed by atoms with Gasteiger partial charge in [0.2, 0.25) is 5.96 Å². The normalized spacial score (nSPS) is 8.12. The van der Waals surface area contributed by atoms with Gasteiger partial charge in [-0.25, -0.2) is 0 Å². The minimum Gasteiger partial charge on any atom is -0.369 e. The number of nitrogens with one attached hydrogen (secondary N) is 1. The van der Waals surface area contributed by atoms with Gasteiger partial charge in [0, 0.05) is 6.54 Å². The van der Waals surface area contributed by atoms with Crippen LogP contribution in [0.4, 0.5) is 0 Å². The van der Waals surface area contributed by atoms with Crippen molar-refractivity contribution in [3.05, 3.63) is 0 Å². The van der Waals surface area contributed by atoms with Gasteiger partial charge in [0.25, 0.3) is 0 Å². The molecular formula is C4H12N4. The summed E-state index contributed by atoms with van der Waals surface area (Å²) < 4.78 is 0. The molecular weight excluding hydrogens is 104 g/mol. The van der Waals surface area contributed by atoms with E-state index in [4.69, 9.17) is 11.5 Å². The van der Waals surface area contributed by atoms with E-state index in [0.29, 0.717) is 0 Å². The first-order valence-corrected chi connectivity index (χ1v) is 2.59. The van der Waals surface area contributed by atoms with Crippen LogP contribution in [-0.2, 0) is 0 Å². The smallest absolute Gasteiger partial charge is 0.208 e. The molecule has 0 fully saturated rings. The van der Waals surface area contributed by atoms with Crippen molar-refractivity contribution >= 4 is 5.96 Å². The average molecular weight is 116 g/mol. The first-order valence-electron chi connectivity index (χ1n) is 2.59. The lowest BCUT2D eigenvalue weighted by Crippen LogP contribution is -2.26. The van der Waals surface area contributed by atoms with Crippen molar-refractivity contribution in [1.82, 2.24) is 5.43 Å². The first kappa shape index (κ1) is 7.07. The summed E-state index contributed by atoms with van der Waals surface area (Å²) >= 11 is 0. The minimum absolute atomic E-state index is 0.0819. The van der Waals surface area contributed by atoms with E-state index in [1.807, 2.05) is 6.92 Å².